The van der Waals surface area contributed by atoms with E-state index in [-0.39, 0.29) is 5.63 Å². The van der Waals surface area contributed by atoms with Crippen LogP contribution < -0.4 is 10.4 Å². The van der Waals surface area contributed by atoms with E-state index in [1.54, 1.807) is 7.11 Å². The molecule has 0 atom stereocenters. The van der Waals surface area contributed by atoms with Gasteiger partial charge in [0, 0.05) is 11.5 Å². The summed E-state index contributed by atoms with van der Waals surface area (Å²) in [6, 6.07) is 5.26. The zero-order valence-corrected chi connectivity index (χ0v) is 10.5. The summed E-state index contributed by atoms with van der Waals surface area (Å²) in [5.41, 5.74) is 1.19. The van der Waals surface area contributed by atoms with E-state index in [2.05, 4.69) is 22.6 Å². The van der Waals surface area contributed by atoms with Crippen molar-refractivity contribution in [2.75, 3.05) is 7.11 Å². The maximum Gasteiger partial charge on any atom is 0.336 e. The molecule has 0 spiro atoms. The van der Waals surface area contributed by atoms with Crippen LogP contribution in [0, 0.1) is 10.5 Å². The van der Waals surface area contributed by atoms with E-state index in [4.69, 9.17) is 9.15 Å². The lowest BCUT2D eigenvalue weighted by atomic mass is 10.1. The fourth-order valence-corrected chi connectivity index (χ4v) is 2.29. The summed E-state index contributed by atoms with van der Waals surface area (Å²) in [6.07, 6.45) is 0. The van der Waals surface area contributed by atoms with Gasteiger partial charge in [0.2, 0.25) is 0 Å². The molecule has 0 aliphatic rings. The molecular formula is C11H9IO3. The van der Waals surface area contributed by atoms with Gasteiger partial charge in [-0.05, 0) is 47.2 Å². The minimum atomic E-state index is -0.328. The van der Waals surface area contributed by atoms with Gasteiger partial charge in [0.05, 0.1) is 10.7 Å². The van der Waals surface area contributed by atoms with E-state index in [1.165, 1.54) is 6.07 Å². The molecule has 2 aromatic rings. The third-order valence-electron chi connectivity index (χ3n) is 2.24. The first-order chi connectivity index (χ1) is 7.13. The first-order valence-corrected chi connectivity index (χ1v) is 5.48. The summed E-state index contributed by atoms with van der Waals surface area (Å²) in [7, 11) is 1.59. The minimum absolute atomic E-state index is 0.328. The van der Waals surface area contributed by atoms with Gasteiger partial charge in [-0.1, -0.05) is 0 Å². The Morgan fingerprint density at radius 3 is 2.80 bits per heavy atom. The molecule has 0 radical (unpaired) electrons. The van der Waals surface area contributed by atoms with Crippen molar-refractivity contribution in [1.82, 2.24) is 0 Å². The zero-order chi connectivity index (χ0) is 11.0. The van der Waals surface area contributed by atoms with Crippen molar-refractivity contribution in [3.63, 3.8) is 0 Å². The Kier molecular flexibility index (Phi) is 2.68. The summed E-state index contributed by atoms with van der Waals surface area (Å²) >= 11 is 2.11. The Morgan fingerprint density at radius 1 is 1.40 bits per heavy atom. The Morgan fingerprint density at radius 2 is 2.13 bits per heavy atom. The number of hydrogen-bond acceptors (Lipinski definition) is 3. The number of hydrogen-bond donors (Lipinski definition) is 0. The number of aryl methyl sites for hydroxylation is 1. The van der Waals surface area contributed by atoms with Crippen molar-refractivity contribution in [2.45, 2.75) is 6.92 Å². The van der Waals surface area contributed by atoms with E-state index >= 15 is 0 Å². The van der Waals surface area contributed by atoms with Gasteiger partial charge in [-0.3, -0.25) is 0 Å². The Balaban J connectivity index is 2.92. The van der Waals surface area contributed by atoms with Crippen molar-refractivity contribution in [2.24, 2.45) is 0 Å². The summed E-state index contributed by atoms with van der Waals surface area (Å²) in [4.78, 5) is 11.2. The molecule has 0 aliphatic carbocycles. The molecule has 3 nitrogen and oxygen atoms in total. The Hall–Kier alpha value is -1.04. The first-order valence-electron chi connectivity index (χ1n) is 4.40. The standard InChI is InChI=1S/C11H9IO3/c1-6-5-9(13)15-11-7(6)3-4-8(14-2)10(11)12/h3-5H,1-2H3. The normalized spacial score (nSPS) is 10.6. The largest absolute Gasteiger partial charge is 0.496 e. The second-order valence-electron chi connectivity index (χ2n) is 3.21. The van der Waals surface area contributed by atoms with Gasteiger partial charge >= 0.3 is 5.63 Å². The predicted molar refractivity (Wildman–Crippen MR) is 66.5 cm³/mol. The van der Waals surface area contributed by atoms with Crippen molar-refractivity contribution in [3.8, 4) is 5.75 Å². The molecule has 0 N–H and O–H groups in total. The average molecular weight is 316 g/mol. The van der Waals surface area contributed by atoms with Crippen LogP contribution in [-0.2, 0) is 0 Å². The number of ether oxygens (including phenoxy) is 1. The summed E-state index contributed by atoms with van der Waals surface area (Å²) < 4.78 is 11.2. The van der Waals surface area contributed by atoms with Crippen LogP contribution in [0.25, 0.3) is 11.0 Å². The zero-order valence-electron chi connectivity index (χ0n) is 8.33. The highest BCUT2D eigenvalue weighted by molar-refractivity contribution is 14.1. The van der Waals surface area contributed by atoms with Gasteiger partial charge in [-0.2, -0.15) is 0 Å². The lowest BCUT2D eigenvalue weighted by Gasteiger charge is -2.06. The number of rotatable bonds is 1. The Bertz CT molecular complexity index is 572. The van der Waals surface area contributed by atoms with E-state index in [1.807, 2.05) is 19.1 Å². The van der Waals surface area contributed by atoms with E-state index in [9.17, 15) is 4.79 Å². The van der Waals surface area contributed by atoms with E-state index < -0.39 is 0 Å². The van der Waals surface area contributed by atoms with Gasteiger partial charge in [-0.15, -0.1) is 0 Å². The highest BCUT2D eigenvalue weighted by Crippen LogP contribution is 2.29. The molecule has 0 saturated heterocycles. The maximum absolute atomic E-state index is 11.2. The maximum atomic E-state index is 11.2. The monoisotopic (exact) mass is 316 g/mol. The second kappa shape index (κ2) is 3.84. The molecular weight excluding hydrogens is 307 g/mol. The van der Waals surface area contributed by atoms with Crippen LogP contribution in [0.5, 0.6) is 5.75 Å². The van der Waals surface area contributed by atoms with Gasteiger partial charge in [0.1, 0.15) is 5.75 Å². The molecule has 78 valence electrons. The number of methoxy groups -OCH3 is 1. The van der Waals surface area contributed by atoms with Gasteiger partial charge in [0.15, 0.2) is 5.58 Å². The molecule has 0 fully saturated rings. The number of benzene rings is 1. The van der Waals surface area contributed by atoms with Crippen molar-refractivity contribution in [1.29, 1.82) is 0 Å². The lowest BCUT2D eigenvalue weighted by molar-refractivity contribution is 0.411. The van der Waals surface area contributed by atoms with Crippen LogP contribution in [-0.4, -0.2) is 7.11 Å². The van der Waals surface area contributed by atoms with Crippen LogP contribution in [0.4, 0.5) is 0 Å². The Labute approximate surface area is 100 Å². The fraction of sp³-hybridized carbons (Fsp3) is 0.182. The lowest BCUT2D eigenvalue weighted by Crippen LogP contribution is -1.99. The molecule has 0 aliphatic heterocycles. The van der Waals surface area contributed by atoms with Crippen molar-refractivity contribution in [3.05, 3.63) is 37.8 Å². The highest BCUT2D eigenvalue weighted by atomic mass is 127. The fourth-order valence-electron chi connectivity index (χ4n) is 1.49. The smallest absolute Gasteiger partial charge is 0.336 e. The van der Waals surface area contributed by atoms with Gasteiger partial charge < -0.3 is 9.15 Å². The van der Waals surface area contributed by atoms with Crippen LogP contribution in [0.15, 0.2) is 27.4 Å². The predicted octanol–water partition coefficient (Wildman–Crippen LogP) is 2.71. The van der Waals surface area contributed by atoms with Crippen molar-refractivity contribution >= 4 is 33.6 Å². The molecule has 2 rings (SSSR count). The third kappa shape index (κ3) is 1.73. The molecule has 1 aromatic carbocycles. The number of fused-ring (bicyclic) bond motifs is 1. The molecule has 0 saturated carbocycles. The third-order valence-corrected chi connectivity index (χ3v) is 3.26. The minimum Gasteiger partial charge on any atom is -0.496 e. The summed E-state index contributed by atoms with van der Waals surface area (Å²) in [6.45, 7) is 1.89. The molecule has 0 amide bonds. The van der Waals surface area contributed by atoms with Gasteiger partial charge in [0.25, 0.3) is 0 Å². The molecule has 4 heteroatoms. The molecule has 1 aromatic heterocycles. The highest BCUT2D eigenvalue weighted by Gasteiger charge is 2.09. The van der Waals surface area contributed by atoms with Crippen LogP contribution in [0.2, 0.25) is 0 Å². The van der Waals surface area contributed by atoms with E-state index in [0.29, 0.717) is 5.58 Å². The topological polar surface area (TPSA) is 39.4 Å². The summed E-state index contributed by atoms with van der Waals surface area (Å²) in [5, 5.41) is 0.944. The van der Waals surface area contributed by atoms with Gasteiger partial charge in [-0.25, -0.2) is 4.79 Å². The average Bonchev–Trinajstić information content (AvgIpc) is 2.19. The van der Waals surface area contributed by atoms with Crippen LogP contribution in [0.3, 0.4) is 0 Å². The molecule has 0 unspecified atom stereocenters. The quantitative estimate of drug-likeness (QED) is 0.600. The molecule has 15 heavy (non-hydrogen) atoms. The van der Waals surface area contributed by atoms with Crippen LogP contribution >= 0.6 is 22.6 Å². The van der Waals surface area contributed by atoms with Crippen molar-refractivity contribution < 1.29 is 9.15 Å². The number of halogens is 1. The summed E-state index contributed by atoms with van der Waals surface area (Å²) in [5.74, 6) is 0.719. The molecule has 1 heterocycles. The van der Waals surface area contributed by atoms with Crippen LogP contribution in [0.1, 0.15) is 5.56 Å². The second-order valence-corrected chi connectivity index (χ2v) is 4.29. The SMILES string of the molecule is COc1ccc2c(C)cc(=O)oc2c1I. The van der Waals surface area contributed by atoms with E-state index in [0.717, 1.165) is 20.3 Å². The molecule has 0 bridgehead atoms. The first kappa shape index (κ1) is 10.5.